The fourth-order valence-electron chi connectivity index (χ4n) is 2.77. The van der Waals surface area contributed by atoms with E-state index in [-0.39, 0.29) is 18.2 Å². The van der Waals surface area contributed by atoms with E-state index in [1.807, 2.05) is 0 Å². The molecule has 20 heavy (non-hydrogen) atoms. The molecule has 0 aliphatic carbocycles. The van der Waals surface area contributed by atoms with Crippen LogP contribution in [0.5, 0.6) is 0 Å². The van der Waals surface area contributed by atoms with E-state index in [1.165, 1.54) is 12.1 Å². The van der Waals surface area contributed by atoms with Crippen LogP contribution in [0.15, 0.2) is 18.2 Å². The van der Waals surface area contributed by atoms with E-state index in [2.05, 4.69) is 5.32 Å². The van der Waals surface area contributed by atoms with Crippen LogP contribution in [0.2, 0.25) is 0 Å². The van der Waals surface area contributed by atoms with Crippen LogP contribution in [-0.2, 0) is 16.3 Å². The lowest BCUT2D eigenvalue weighted by atomic mass is 9.99. The van der Waals surface area contributed by atoms with Gasteiger partial charge in [0, 0.05) is 12.1 Å². The van der Waals surface area contributed by atoms with Gasteiger partial charge in [0.1, 0.15) is 11.6 Å². The number of nitrogens with one attached hydrogen (secondary N) is 1. The largest absolute Gasteiger partial charge is 0.315 e. The normalized spacial score (nSPS) is 23.4. The predicted octanol–water partition coefficient (Wildman–Crippen LogP) is 2.06. The van der Waals surface area contributed by atoms with Gasteiger partial charge in [-0.1, -0.05) is 12.5 Å². The van der Waals surface area contributed by atoms with Crippen LogP contribution >= 0.6 is 0 Å². The lowest BCUT2D eigenvalue weighted by Crippen LogP contribution is -2.46. The summed E-state index contributed by atoms with van der Waals surface area (Å²) < 4.78 is 50.8. The second kappa shape index (κ2) is 6.18. The Balaban J connectivity index is 2.20. The zero-order chi connectivity index (χ0) is 14.8. The third kappa shape index (κ3) is 3.35. The van der Waals surface area contributed by atoms with Gasteiger partial charge in [-0.3, -0.25) is 0 Å². The van der Waals surface area contributed by atoms with Crippen LogP contribution in [0.3, 0.4) is 0 Å². The first-order valence-electron chi connectivity index (χ1n) is 6.77. The van der Waals surface area contributed by atoms with Crippen LogP contribution in [0.4, 0.5) is 8.78 Å². The Kier molecular flexibility index (Phi) is 4.75. The zero-order valence-corrected chi connectivity index (χ0v) is 12.2. The molecule has 1 saturated heterocycles. The van der Waals surface area contributed by atoms with Gasteiger partial charge in [-0.05, 0) is 37.9 Å². The molecule has 0 amide bonds. The fraction of sp³-hybridized carbons (Fsp3) is 0.571. The van der Waals surface area contributed by atoms with E-state index in [0.717, 1.165) is 12.5 Å². The van der Waals surface area contributed by atoms with Crippen molar-refractivity contribution >= 4 is 9.84 Å². The van der Waals surface area contributed by atoms with Gasteiger partial charge >= 0.3 is 0 Å². The van der Waals surface area contributed by atoms with Crippen LogP contribution in [0.25, 0.3) is 0 Å². The molecule has 0 aromatic heterocycles. The molecule has 0 spiro atoms. The van der Waals surface area contributed by atoms with Gasteiger partial charge in [0.15, 0.2) is 9.84 Å². The molecule has 1 aliphatic heterocycles. The molecule has 0 saturated carbocycles. The highest BCUT2D eigenvalue weighted by atomic mass is 32.2. The molecule has 1 aliphatic rings. The van der Waals surface area contributed by atoms with E-state index in [4.69, 9.17) is 0 Å². The highest BCUT2D eigenvalue weighted by Gasteiger charge is 2.35. The molecule has 0 radical (unpaired) electrons. The van der Waals surface area contributed by atoms with Crippen LogP contribution in [-0.4, -0.2) is 32.5 Å². The average molecular weight is 303 g/mol. The summed E-state index contributed by atoms with van der Waals surface area (Å²) in [4.78, 5) is 0. The Morgan fingerprint density at radius 3 is 2.70 bits per heavy atom. The van der Waals surface area contributed by atoms with Crippen molar-refractivity contribution in [3.8, 4) is 0 Å². The number of rotatable bonds is 4. The lowest BCUT2D eigenvalue weighted by Gasteiger charge is -2.30. The topological polar surface area (TPSA) is 46.2 Å². The van der Waals surface area contributed by atoms with Crippen LogP contribution < -0.4 is 5.32 Å². The summed E-state index contributed by atoms with van der Waals surface area (Å²) in [6.45, 7) is 0. The SMILES string of the molecule is CNC(Cc1ccc(F)cc1F)C1CCCCS1(=O)=O. The van der Waals surface area contributed by atoms with E-state index >= 15 is 0 Å². The quantitative estimate of drug-likeness (QED) is 0.926. The van der Waals surface area contributed by atoms with Gasteiger partial charge in [-0.15, -0.1) is 0 Å². The van der Waals surface area contributed by atoms with E-state index in [9.17, 15) is 17.2 Å². The summed E-state index contributed by atoms with van der Waals surface area (Å²) in [5.74, 6) is -1.06. The molecule has 2 unspecified atom stereocenters. The summed E-state index contributed by atoms with van der Waals surface area (Å²) in [5.41, 5.74) is 0.339. The molecule has 1 aromatic rings. The second-order valence-electron chi connectivity index (χ2n) is 5.24. The van der Waals surface area contributed by atoms with Crippen molar-refractivity contribution in [3.05, 3.63) is 35.4 Å². The molecule has 2 rings (SSSR count). The Morgan fingerprint density at radius 2 is 2.10 bits per heavy atom. The molecular formula is C14H19F2NO2S. The van der Waals surface area contributed by atoms with Crippen molar-refractivity contribution in [3.63, 3.8) is 0 Å². The summed E-state index contributed by atoms with van der Waals surface area (Å²) in [5, 5.41) is 2.48. The Hall–Kier alpha value is -1.01. The Bertz CT molecular complexity index is 575. The average Bonchev–Trinajstić information content (AvgIpc) is 2.38. The van der Waals surface area contributed by atoms with E-state index in [1.54, 1.807) is 7.05 Å². The molecular weight excluding hydrogens is 284 g/mol. The lowest BCUT2D eigenvalue weighted by molar-refractivity contribution is 0.449. The first-order valence-corrected chi connectivity index (χ1v) is 8.48. The standard InChI is InChI=1S/C14H19F2NO2S/c1-17-13(14-4-2-3-7-20(14,18)19)8-10-5-6-11(15)9-12(10)16/h5-6,9,13-14,17H,2-4,7-8H2,1H3. The molecule has 6 heteroatoms. The summed E-state index contributed by atoms with van der Waals surface area (Å²) in [6, 6.07) is 3.06. The van der Waals surface area contributed by atoms with Gasteiger partial charge < -0.3 is 5.32 Å². The van der Waals surface area contributed by atoms with Gasteiger partial charge in [-0.25, -0.2) is 17.2 Å². The fourth-order valence-corrected chi connectivity index (χ4v) is 4.94. The summed E-state index contributed by atoms with van der Waals surface area (Å²) >= 11 is 0. The van der Waals surface area contributed by atoms with Gasteiger partial charge in [0.2, 0.25) is 0 Å². The van der Waals surface area contributed by atoms with Crippen molar-refractivity contribution in [2.75, 3.05) is 12.8 Å². The Morgan fingerprint density at radius 1 is 1.35 bits per heavy atom. The first kappa shape index (κ1) is 15.4. The minimum absolute atomic E-state index is 0.196. The molecule has 3 nitrogen and oxygen atoms in total. The maximum atomic E-state index is 13.7. The molecule has 0 bridgehead atoms. The number of likely N-dealkylation sites (N-methyl/N-ethyl adjacent to an activating group) is 1. The summed E-state index contributed by atoms with van der Waals surface area (Å²) in [7, 11) is -1.46. The Labute approximate surface area is 118 Å². The second-order valence-corrected chi connectivity index (χ2v) is 7.58. The minimum atomic E-state index is -3.14. The third-order valence-corrected chi connectivity index (χ3v) is 6.25. The molecule has 2 atom stereocenters. The van der Waals surface area contributed by atoms with E-state index in [0.29, 0.717) is 18.4 Å². The van der Waals surface area contributed by atoms with E-state index < -0.39 is 26.7 Å². The molecule has 1 N–H and O–H groups in total. The minimum Gasteiger partial charge on any atom is -0.315 e. The van der Waals surface area contributed by atoms with Crippen molar-refractivity contribution in [1.82, 2.24) is 5.32 Å². The number of hydrogen-bond donors (Lipinski definition) is 1. The maximum absolute atomic E-state index is 13.7. The van der Waals surface area contributed by atoms with Crippen molar-refractivity contribution in [2.45, 2.75) is 37.0 Å². The maximum Gasteiger partial charge on any atom is 0.154 e. The monoisotopic (exact) mass is 303 g/mol. The molecule has 1 aromatic carbocycles. The number of sulfone groups is 1. The number of benzene rings is 1. The van der Waals surface area contributed by atoms with Gasteiger partial charge in [0.05, 0.1) is 11.0 Å². The highest BCUT2D eigenvalue weighted by molar-refractivity contribution is 7.92. The molecule has 1 fully saturated rings. The number of hydrogen-bond acceptors (Lipinski definition) is 3. The first-order chi connectivity index (χ1) is 9.44. The third-order valence-electron chi connectivity index (χ3n) is 3.90. The van der Waals surface area contributed by atoms with Gasteiger partial charge in [-0.2, -0.15) is 0 Å². The van der Waals surface area contributed by atoms with Crippen molar-refractivity contribution in [2.24, 2.45) is 0 Å². The summed E-state index contributed by atoms with van der Waals surface area (Å²) in [6.07, 6.45) is 2.40. The highest BCUT2D eigenvalue weighted by Crippen LogP contribution is 2.24. The molecule has 1 heterocycles. The molecule has 112 valence electrons. The zero-order valence-electron chi connectivity index (χ0n) is 11.4. The number of halogens is 2. The van der Waals surface area contributed by atoms with Crippen molar-refractivity contribution in [1.29, 1.82) is 0 Å². The van der Waals surface area contributed by atoms with Crippen molar-refractivity contribution < 1.29 is 17.2 Å². The predicted molar refractivity (Wildman–Crippen MR) is 74.3 cm³/mol. The van der Waals surface area contributed by atoms with Crippen LogP contribution in [0.1, 0.15) is 24.8 Å². The van der Waals surface area contributed by atoms with Gasteiger partial charge in [0.25, 0.3) is 0 Å². The van der Waals surface area contributed by atoms with Crippen LogP contribution in [0, 0.1) is 11.6 Å². The smallest absolute Gasteiger partial charge is 0.154 e.